The highest BCUT2D eigenvalue weighted by Gasteiger charge is 2.42. The molecule has 0 spiro atoms. The van der Waals surface area contributed by atoms with Gasteiger partial charge in [-0.1, -0.05) is 12.6 Å². The van der Waals surface area contributed by atoms with Crippen molar-refractivity contribution in [2.45, 2.75) is 44.1 Å². The van der Waals surface area contributed by atoms with E-state index in [0.717, 1.165) is 17.0 Å². The van der Waals surface area contributed by atoms with Crippen LogP contribution in [-0.4, -0.2) is 122 Å². The minimum Gasteiger partial charge on any atom is -0.369 e. The lowest BCUT2D eigenvalue weighted by atomic mass is 10.0. The van der Waals surface area contributed by atoms with Gasteiger partial charge in [-0.05, 0) is 43.7 Å². The monoisotopic (exact) mass is 677 g/mol. The Labute approximate surface area is 276 Å². The molecule has 5 rings (SSSR count). The van der Waals surface area contributed by atoms with Crippen molar-refractivity contribution in [2.24, 2.45) is 0 Å². The molecule has 3 fully saturated rings. The van der Waals surface area contributed by atoms with Gasteiger partial charge in [0.15, 0.2) is 0 Å². The minimum absolute atomic E-state index is 0.0436. The number of aromatic nitrogens is 1. The Kier molecular flexibility index (Phi) is 10.4. The molecule has 0 saturated carbocycles. The van der Waals surface area contributed by atoms with E-state index in [1.54, 1.807) is 22.9 Å². The normalized spacial score (nSPS) is 21.0. The van der Waals surface area contributed by atoms with E-state index < -0.39 is 42.1 Å². The van der Waals surface area contributed by atoms with Crippen LogP contribution in [0.5, 0.6) is 0 Å². The number of likely N-dealkylation sites (N-methyl/N-ethyl adjacent to an activating group) is 2. The number of pyridine rings is 1. The molecule has 3 aliphatic heterocycles. The summed E-state index contributed by atoms with van der Waals surface area (Å²) in [7, 11) is 3.12. The van der Waals surface area contributed by atoms with Gasteiger partial charge in [-0.25, -0.2) is 13.8 Å². The van der Waals surface area contributed by atoms with Crippen LogP contribution in [0.4, 0.5) is 39.1 Å². The number of anilines is 3. The Bertz CT molecular complexity index is 1550. The average molecular weight is 678 g/mol. The van der Waals surface area contributed by atoms with Crippen molar-refractivity contribution in [3.63, 3.8) is 0 Å². The number of benzene rings is 1. The second kappa shape index (κ2) is 14.2. The number of hydrogen-bond donors (Lipinski definition) is 0. The van der Waals surface area contributed by atoms with Crippen molar-refractivity contribution < 1.29 is 36.3 Å². The molecule has 0 aliphatic carbocycles. The molecule has 0 N–H and O–H groups in total. The molecule has 15 heteroatoms. The van der Waals surface area contributed by atoms with Crippen molar-refractivity contribution >= 4 is 34.9 Å². The molecule has 10 nitrogen and oxygen atoms in total. The Hall–Kier alpha value is -4.11. The first-order chi connectivity index (χ1) is 22.7. The number of hydrogen-bond acceptors (Lipinski definition) is 7. The number of rotatable bonds is 10. The molecular formula is C33H40F5N7O3. The van der Waals surface area contributed by atoms with Crippen LogP contribution in [0.3, 0.4) is 0 Å². The number of carbonyl (C=O) groups is 3. The van der Waals surface area contributed by atoms with E-state index in [4.69, 9.17) is 0 Å². The molecule has 0 unspecified atom stereocenters. The lowest BCUT2D eigenvalue weighted by Gasteiger charge is -2.51. The van der Waals surface area contributed by atoms with Gasteiger partial charge in [-0.3, -0.25) is 29.1 Å². The molecule has 3 aliphatic rings. The van der Waals surface area contributed by atoms with E-state index >= 15 is 4.39 Å². The molecule has 1 aromatic carbocycles. The molecule has 0 radical (unpaired) electrons. The molecule has 2 aromatic rings. The number of piperazine rings is 1. The van der Waals surface area contributed by atoms with E-state index in [1.165, 1.54) is 37.1 Å². The van der Waals surface area contributed by atoms with Crippen LogP contribution in [0.2, 0.25) is 0 Å². The van der Waals surface area contributed by atoms with Gasteiger partial charge in [0.05, 0.1) is 23.0 Å². The third-order valence-electron chi connectivity index (χ3n) is 9.41. The molecule has 2 atom stereocenters. The summed E-state index contributed by atoms with van der Waals surface area (Å²) in [5.74, 6) is -2.11. The van der Waals surface area contributed by atoms with E-state index in [1.807, 2.05) is 0 Å². The highest BCUT2D eigenvalue weighted by atomic mass is 19.4. The van der Waals surface area contributed by atoms with Gasteiger partial charge >= 0.3 is 6.18 Å². The van der Waals surface area contributed by atoms with Crippen LogP contribution in [-0.2, 0) is 20.6 Å². The molecule has 3 amide bonds. The molecule has 48 heavy (non-hydrogen) atoms. The number of likely N-dealkylation sites (tertiary alicyclic amines) is 1. The van der Waals surface area contributed by atoms with Gasteiger partial charge < -0.3 is 14.7 Å². The van der Waals surface area contributed by atoms with Crippen molar-refractivity contribution in [3.8, 4) is 0 Å². The number of carbonyl (C=O) groups excluding carboxylic acids is 3. The molecule has 0 bridgehead atoms. The third-order valence-corrected chi connectivity index (χ3v) is 9.41. The van der Waals surface area contributed by atoms with Gasteiger partial charge in [0, 0.05) is 78.1 Å². The zero-order valence-electron chi connectivity index (χ0n) is 27.2. The molecule has 1 aromatic heterocycles. The average Bonchev–Trinajstić information content (AvgIpc) is 3.42. The van der Waals surface area contributed by atoms with Gasteiger partial charge in [-0.2, -0.15) is 13.2 Å². The summed E-state index contributed by atoms with van der Waals surface area (Å²) in [6.07, 6.45) is -3.40. The highest BCUT2D eigenvalue weighted by molar-refractivity contribution is 6.09. The minimum atomic E-state index is -4.67. The Morgan fingerprint density at radius 1 is 1.12 bits per heavy atom. The summed E-state index contributed by atoms with van der Waals surface area (Å²) in [5.41, 5.74) is -0.571. The number of para-hydroxylation sites is 1. The molecule has 3 saturated heterocycles. The van der Waals surface area contributed by atoms with Gasteiger partial charge in [0.2, 0.25) is 17.7 Å². The number of halogens is 5. The summed E-state index contributed by atoms with van der Waals surface area (Å²) >= 11 is 0. The SMILES string of the molecule is C=CC(=O)N1CC(N2CCN(CCN(C)c3c(F)cccc3N(C)C(=O)[C@@H]3CCC(=O)N3c3cc(C(F)(F)F)cc(C)n3)C[C@@H]2CF)C1. The number of amides is 3. The van der Waals surface area contributed by atoms with E-state index in [-0.39, 0.29) is 53.7 Å². The summed E-state index contributed by atoms with van der Waals surface area (Å²) in [6.45, 7) is 8.01. The van der Waals surface area contributed by atoms with Crippen LogP contribution >= 0.6 is 0 Å². The zero-order valence-corrected chi connectivity index (χ0v) is 27.2. The Morgan fingerprint density at radius 3 is 2.52 bits per heavy atom. The number of alkyl halides is 4. The number of nitrogens with zero attached hydrogens (tertiary/aromatic N) is 7. The van der Waals surface area contributed by atoms with E-state index in [2.05, 4.69) is 21.4 Å². The predicted octanol–water partition coefficient (Wildman–Crippen LogP) is 3.50. The van der Waals surface area contributed by atoms with Crippen molar-refractivity contribution in [3.05, 3.63) is 60.1 Å². The first-order valence-corrected chi connectivity index (χ1v) is 15.8. The topological polar surface area (TPSA) is 83.5 Å². The molecular weight excluding hydrogens is 637 g/mol. The highest BCUT2D eigenvalue weighted by Crippen LogP contribution is 2.36. The Balaban J connectivity index is 1.26. The zero-order chi connectivity index (χ0) is 34.9. The summed E-state index contributed by atoms with van der Waals surface area (Å²) < 4.78 is 70.2. The van der Waals surface area contributed by atoms with Gasteiger partial charge in [0.1, 0.15) is 24.4 Å². The van der Waals surface area contributed by atoms with Crippen LogP contribution in [0.1, 0.15) is 24.1 Å². The van der Waals surface area contributed by atoms with E-state index in [0.29, 0.717) is 45.8 Å². The fourth-order valence-electron chi connectivity index (χ4n) is 6.77. The van der Waals surface area contributed by atoms with Crippen molar-refractivity contribution in [2.75, 3.05) is 81.3 Å². The maximum Gasteiger partial charge on any atom is 0.416 e. The quantitative estimate of drug-likeness (QED) is 0.282. The molecule has 260 valence electrons. The summed E-state index contributed by atoms with van der Waals surface area (Å²) in [4.78, 5) is 52.5. The standard InChI is InChI=1S/C33H40F5N7O3/c1-5-29(46)43-19-24(20-43)44-14-13-42(18-23(44)17-34)12-11-40(3)31-25(35)7-6-8-26(31)41(4)32(48)27-9-10-30(47)45(27)28-16-22(33(36,37)38)15-21(2)39-28/h5-8,15-16,23-24,27H,1,9-14,17-20H2,2-4H3/t23-,27-/m0/s1. The number of aryl methyl sites for hydroxylation is 1. The second-order valence-electron chi connectivity index (χ2n) is 12.5. The van der Waals surface area contributed by atoms with Crippen molar-refractivity contribution in [1.82, 2.24) is 19.7 Å². The van der Waals surface area contributed by atoms with E-state index in [9.17, 15) is 31.9 Å². The summed E-state index contributed by atoms with van der Waals surface area (Å²) in [6, 6.07) is 4.54. The maximum atomic E-state index is 15.4. The maximum absolute atomic E-state index is 15.4. The predicted molar refractivity (Wildman–Crippen MR) is 171 cm³/mol. The first-order valence-electron chi connectivity index (χ1n) is 15.8. The van der Waals surface area contributed by atoms with Crippen LogP contribution in [0, 0.1) is 12.7 Å². The summed E-state index contributed by atoms with van der Waals surface area (Å²) in [5, 5.41) is 0. The van der Waals surface area contributed by atoms with Crippen LogP contribution in [0.15, 0.2) is 43.0 Å². The fourth-order valence-corrected chi connectivity index (χ4v) is 6.77. The van der Waals surface area contributed by atoms with Crippen LogP contribution in [0.25, 0.3) is 0 Å². The molecule has 4 heterocycles. The Morgan fingerprint density at radius 2 is 1.85 bits per heavy atom. The lowest BCUT2D eigenvalue weighted by molar-refractivity contribution is -0.137. The third kappa shape index (κ3) is 7.16. The largest absolute Gasteiger partial charge is 0.416 e. The lowest BCUT2D eigenvalue weighted by Crippen LogP contribution is -2.67. The smallest absolute Gasteiger partial charge is 0.369 e. The van der Waals surface area contributed by atoms with Gasteiger partial charge in [0.25, 0.3) is 0 Å². The first kappa shape index (κ1) is 35.2. The second-order valence-corrected chi connectivity index (χ2v) is 12.5. The fraction of sp³-hybridized carbons (Fsp3) is 0.515. The van der Waals surface area contributed by atoms with Gasteiger partial charge in [-0.15, -0.1) is 0 Å². The van der Waals surface area contributed by atoms with Crippen molar-refractivity contribution in [1.29, 1.82) is 0 Å². The van der Waals surface area contributed by atoms with Crippen LogP contribution < -0.4 is 14.7 Å².